The van der Waals surface area contributed by atoms with E-state index in [-0.39, 0.29) is 0 Å². The van der Waals surface area contributed by atoms with Gasteiger partial charge in [-0.2, -0.15) is 4.68 Å². The van der Waals surface area contributed by atoms with Crippen molar-refractivity contribution in [2.45, 2.75) is 26.4 Å². The van der Waals surface area contributed by atoms with Crippen LogP contribution in [0.2, 0.25) is 0 Å². The van der Waals surface area contributed by atoms with Crippen LogP contribution in [0.5, 0.6) is 0 Å². The summed E-state index contributed by atoms with van der Waals surface area (Å²) in [6.07, 6.45) is 2.59. The zero-order valence-corrected chi connectivity index (χ0v) is 11.9. The van der Waals surface area contributed by atoms with Crippen LogP contribution in [0.25, 0.3) is 11.5 Å². The van der Waals surface area contributed by atoms with Crippen molar-refractivity contribution < 1.29 is 9.32 Å². The minimum absolute atomic E-state index is 0.470. The summed E-state index contributed by atoms with van der Waals surface area (Å²) in [4.78, 5) is 2.00. The van der Waals surface area contributed by atoms with Gasteiger partial charge in [0.2, 0.25) is 5.89 Å². The Hall–Kier alpha value is -1.46. The summed E-state index contributed by atoms with van der Waals surface area (Å²) in [6.45, 7) is 5.27. The van der Waals surface area contributed by atoms with Crippen LogP contribution < -0.4 is 4.90 Å². The number of quaternary nitrogens is 1. The van der Waals surface area contributed by atoms with Gasteiger partial charge in [-0.1, -0.05) is 18.2 Å². The van der Waals surface area contributed by atoms with E-state index in [1.165, 1.54) is 30.8 Å². The van der Waals surface area contributed by atoms with E-state index in [1.54, 1.807) is 0 Å². The second-order valence-corrected chi connectivity index (χ2v) is 5.45. The van der Waals surface area contributed by atoms with Crippen molar-refractivity contribution in [3.63, 3.8) is 0 Å². The Bertz CT molecular complexity index is 626. The van der Waals surface area contributed by atoms with Gasteiger partial charge in [0, 0.05) is 18.4 Å². The summed E-state index contributed by atoms with van der Waals surface area (Å²) in [5.41, 5.74) is 2.17. The van der Waals surface area contributed by atoms with Crippen molar-refractivity contribution in [1.82, 2.24) is 9.78 Å². The second kappa shape index (κ2) is 5.27. The molecule has 1 aliphatic rings. The second-order valence-electron chi connectivity index (χ2n) is 5.10. The molecule has 100 valence electrons. The first-order chi connectivity index (χ1) is 9.24. The monoisotopic (exact) mass is 276 g/mol. The van der Waals surface area contributed by atoms with E-state index in [2.05, 4.69) is 18.1 Å². The van der Waals surface area contributed by atoms with Crippen molar-refractivity contribution >= 4 is 12.2 Å². The van der Waals surface area contributed by atoms with E-state index >= 15 is 0 Å². The SMILES string of the molecule is Cc1ccccc1-c1nn(C[NH+]2CCCC2)c(=S)o1. The number of aryl methyl sites for hydroxylation is 1. The van der Waals surface area contributed by atoms with E-state index in [0.717, 1.165) is 17.8 Å². The molecule has 5 heteroatoms. The van der Waals surface area contributed by atoms with Crippen LogP contribution in [0, 0.1) is 11.8 Å². The van der Waals surface area contributed by atoms with E-state index < -0.39 is 0 Å². The highest BCUT2D eigenvalue weighted by atomic mass is 32.1. The third kappa shape index (κ3) is 2.62. The van der Waals surface area contributed by atoms with Crippen molar-refractivity contribution in [3.05, 3.63) is 34.7 Å². The maximum Gasteiger partial charge on any atom is 0.292 e. The normalized spacial score (nSPS) is 16.1. The predicted octanol–water partition coefficient (Wildman–Crippen LogP) is 1.82. The fraction of sp³-hybridized carbons (Fsp3) is 0.429. The first kappa shape index (κ1) is 12.6. The van der Waals surface area contributed by atoms with Crippen LogP contribution in [0.1, 0.15) is 18.4 Å². The highest BCUT2D eigenvalue weighted by Crippen LogP contribution is 2.21. The minimum Gasteiger partial charge on any atom is -0.409 e. The van der Waals surface area contributed by atoms with E-state index in [0.29, 0.717) is 10.7 Å². The Labute approximate surface area is 117 Å². The third-order valence-corrected chi connectivity index (χ3v) is 3.96. The molecule has 0 bridgehead atoms. The van der Waals surface area contributed by atoms with Gasteiger partial charge in [-0.3, -0.25) is 0 Å². The molecular formula is C14H18N3OS+. The molecule has 0 radical (unpaired) electrons. The van der Waals surface area contributed by atoms with Gasteiger partial charge < -0.3 is 9.32 Å². The van der Waals surface area contributed by atoms with Crippen LogP contribution in [-0.2, 0) is 6.67 Å². The summed E-state index contributed by atoms with van der Waals surface area (Å²) in [5, 5.41) is 4.53. The number of hydrogen-bond donors (Lipinski definition) is 1. The highest BCUT2D eigenvalue weighted by molar-refractivity contribution is 7.71. The number of nitrogens with one attached hydrogen (secondary N) is 1. The molecule has 1 aromatic carbocycles. The van der Waals surface area contributed by atoms with Crippen molar-refractivity contribution in [2.75, 3.05) is 13.1 Å². The lowest BCUT2D eigenvalue weighted by Gasteiger charge is -2.10. The smallest absolute Gasteiger partial charge is 0.292 e. The predicted molar refractivity (Wildman–Crippen MR) is 75.4 cm³/mol. The molecule has 0 spiro atoms. The third-order valence-electron chi connectivity index (χ3n) is 3.67. The zero-order valence-electron chi connectivity index (χ0n) is 11.1. The number of nitrogens with zero attached hydrogens (tertiary/aromatic N) is 2. The molecule has 3 rings (SSSR count). The Kier molecular flexibility index (Phi) is 3.48. The summed E-state index contributed by atoms with van der Waals surface area (Å²) in [7, 11) is 0. The first-order valence-corrected chi connectivity index (χ1v) is 7.12. The van der Waals surface area contributed by atoms with Crippen molar-refractivity contribution in [1.29, 1.82) is 0 Å². The van der Waals surface area contributed by atoms with Crippen LogP contribution in [0.4, 0.5) is 0 Å². The number of hydrogen-bond acceptors (Lipinski definition) is 3. The molecule has 0 amide bonds. The Morgan fingerprint density at radius 3 is 2.79 bits per heavy atom. The molecule has 19 heavy (non-hydrogen) atoms. The standard InChI is InChI=1S/C14H17N3OS/c1-11-6-2-3-7-12(11)13-15-17(14(19)18-13)10-16-8-4-5-9-16/h2-3,6-7H,4-5,8-10H2,1H3/p+1. The number of benzene rings is 1. The summed E-state index contributed by atoms with van der Waals surface area (Å²) in [5.74, 6) is 0.627. The van der Waals surface area contributed by atoms with E-state index in [9.17, 15) is 0 Å². The molecule has 2 aromatic rings. The Morgan fingerprint density at radius 2 is 2.05 bits per heavy atom. The largest absolute Gasteiger partial charge is 0.409 e. The van der Waals surface area contributed by atoms with Gasteiger partial charge >= 0.3 is 0 Å². The average molecular weight is 276 g/mol. The summed E-state index contributed by atoms with van der Waals surface area (Å²) in [6, 6.07) is 8.08. The quantitative estimate of drug-likeness (QED) is 0.869. The van der Waals surface area contributed by atoms with Crippen molar-refractivity contribution in [3.8, 4) is 11.5 Å². The van der Waals surface area contributed by atoms with Crippen LogP contribution in [-0.4, -0.2) is 22.9 Å². The average Bonchev–Trinajstić information content (AvgIpc) is 3.02. The van der Waals surface area contributed by atoms with Gasteiger partial charge in [-0.05, 0) is 30.8 Å². The lowest BCUT2D eigenvalue weighted by atomic mass is 10.1. The molecule has 0 saturated carbocycles. The minimum atomic E-state index is 0.470. The van der Waals surface area contributed by atoms with Crippen LogP contribution >= 0.6 is 12.2 Å². The molecule has 1 aromatic heterocycles. The fourth-order valence-electron chi connectivity index (χ4n) is 2.57. The molecule has 1 fully saturated rings. The fourth-order valence-corrected chi connectivity index (χ4v) is 2.76. The Morgan fingerprint density at radius 1 is 1.32 bits per heavy atom. The Balaban J connectivity index is 1.89. The zero-order chi connectivity index (χ0) is 13.2. The molecule has 1 saturated heterocycles. The number of rotatable bonds is 3. The van der Waals surface area contributed by atoms with Gasteiger partial charge in [-0.15, -0.1) is 5.10 Å². The highest BCUT2D eigenvalue weighted by Gasteiger charge is 2.18. The molecule has 2 heterocycles. The van der Waals surface area contributed by atoms with Gasteiger partial charge in [-0.25, -0.2) is 0 Å². The lowest BCUT2D eigenvalue weighted by Crippen LogP contribution is -3.09. The maximum absolute atomic E-state index is 5.65. The topological polar surface area (TPSA) is 35.4 Å². The van der Waals surface area contributed by atoms with E-state index in [1.807, 2.05) is 22.9 Å². The van der Waals surface area contributed by atoms with Crippen LogP contribution in [0.3, 0.4) is 0 Å². The molecule has 4 nitrogen and oxygen atoms in total. The maximum atomic E-state index is 5.65. The molecule has 0 atom stereocenters. The van der Waals surface area contributed by atoms with Gasteiger partial charge in [0.15, 0.2) is 6.67 Å². The molecule has 0 aliphatic carbocycles. The molecule has 0 unspecified atom stereocenters. The number of likely N-dealkylation sites (tertiary alicyclic amines) is 1. The molecular weight excluding hydrogens is 258 g/mol. The first-order valence-electron chi connectivity index (χ1n) is 6.71. The van der Waals surface area contributed by atoms with Crippen molar-refractivity contribution in [2.24, 2.45) is 0 Å². The van der Waals surface area contributed by atoms with Crippen LogP contribution in [0.15, 0.2) is 28.7 Å². The van der Waals surface area contributed by atoms with Gasteiger partial charge in [0.25, 0.3) is 4.84 Å². The van der Waals surface area contributed by atoms with E-state index in [4.69, 9.17) is 16.6 Å². The van der Waals surface area contributed by atoms with Gasteiger partial charge in [0.05, 0.1) is 13.1 Å². The lowest BCUT2D eigenvalue weighted by molar-refractivity contribution is -0.911. The van der Waals surface area contributed by atoms with Gasteiger partial charge in [0.1, 0.15) is 0 Å². The summed E-state index contributed by atoms with van der Waals surface area (Å²) < 4.78 is 7.46. The molecule has 1 N–H and O–H groups in total. The summed E-state index contributed by atoms with van der Waals surface area (Å²) >= 11 is 5.27. The molecule has 1 aliphatic heterocycles. The number of aromatic nitrogens is 2.